The fourth-order valence-electron chi connectivity index (χ4n) is 2.93. The summed E-state index contributed by atoms with van der Waals surface area (Å²) in [6.45, 7) is 1.65. The molecule has 0 atom stereocenters. The van der Waals surface area contributed by atoms with Gasteiger partial charge in [-0.05, 0) is 43.5 Å². The van der Waals surface area contributed by atoms with Gasteiger partial charge in [0.1, 0.15) is 5.69 Å². The van der Waals surface area contributed by atoms with Gasteiger partial charge in [-0.1, -0.05) is 0 Å². The molecule has 1 aromatic carbocycles. The van der Waals surface area contributed by atoms with Crippen molar-refractivity contribution < 1.29 is 14.3 Å². The van der Waals surface area contributed by atoms with Gasteiger partial charge in [0.25, 0.3) is 5.91 Å². The number of ether oxygens (including phenoxy) is 2. The number of hydrogen-bond acceptors (Lipinski definition) is 5. The average molecular weight is 341 g/mol. The number of hydrogen-bond donors (Lipinski definition) is 1. The van der Waals surface area contributed by atoms with Crippen LogP contribution in [0, 0.1) is 0 Å². The number of nitrogens with one attached hydrogen (secondary N) is 1. The number of benzene rings is 1. The van der Waals surface area contributed by atoms with E-state index in [-0.39, 0.29) is 5.91 Å². The van der Waals surface area contributed by atoms with Gasteiger partial charge in [-0.25, -0.2) is 4.98 Å². The standard InChI is InChI=1S/C19H23N3O3/c1-24-17-9-7-14(12-18(17)25-2)21-15-6-8-16(20-13-15)19(23)22-10-4-3-5-11-22/h6-9,12-13,21H,3-5,10-11H2,1-2H3. The second-order valence-electron chi connectivity index (χ2n) is 5.98. The van der Waals surface area contributed by atoms with Crippen molar-refractivity contribution in [3.05, 3.63) is 42.2 Å². The van der Waals surface area contributed by atoms with Crippen LogP contribution in [0.2, 0.25) is 0 Å². The van der Waals surface area contributed by atoms with Crippen molar-refractivity contribution in [3.63, 3.8) is 0 Å². The number of rotatable bonds is 5. The second-order valence-corrected chi connectivity index (χ2v) is 5.98. The van der Waals surface area contributed by atoms with Gasteiger partial charge in [-0.2, -0.15) is 0 Å². The van der Waals surface area contributed by atoms with E-state index < -0.39 is 0 Å². The molecule has 132 valence electrons. The molecule has 0 bridgehead atoms. The number of pyridine rings is 1. The first-order valence-corrected chi connectivity index (χ1v) is 8.45. The third-order valence-electron chi connectivity index (χ3n) is 4.30. The maximum atomic E-state index is 12.4. The van der Waals surface area contributed by atoms with Crippen molar-refractivity contribution in [2.24, 2.45) is 0 Å². The van der Waals surface area contributed by atoms with Gasteiger partial charge >= 0.3 is 0 Å². The molecule has 25 heavy (non-hydrogen) atoms. The second kappa shape index (κ2) is 7.88. The molecule has 1 aliphatic rings. The van der Waals surface area contributed by atoms with Gasteiger partial charge < -0.3 is 19.7 Å². The summed E-state index contributed by atoms with van der Waals surface area (Å²) in [4.78, 5) is 18.6. The van der Waals surface area contributed by atoms with Gasteiger partial charge in [-0.15, -0.1) is 0 Å². The van der Waals surface area contributed by atoms with Gasteiger partial charge in [0.2, 0.25) is 0 Å². The highest BCUT2D eigenvalue weighted by Crippen LogP contribution is 2.31. The molecule has 3 rings (SSSR count). The van der Waals surface area contributed by atoms with Gasteiger partial charge in [0, 0.05) is 24.8 Å². The van der Waals surface area contributed by atoms with Crippen LogP contribution in [0.4, 0.5) is 11.4 Å². The molecule has 1 saturated heterocycles. The molecule has 1 aliphatic heterocycles. The summed E-state index contributed by atoms with van der Waals surface area (Å²) in [5.74, 6) is 1.34. The predicted molar refractivity (Wildman–Crippen MR) is 96.8 cm³/mol. The van der Waals surface area contributed by atoms with Crippen LogP contribution in [-0.2, 0) is 0 Å². The lowest BCUT2D eigenvalue weighted by atomic mass is 10.1. The summed E-state index contributed by atoms with van der Waals surface area (Å²) in [6, 6.07) is 9.21. The first kappa shape index (κ1) is 17.1. The number of aromatic nitrogens is 1. The first-order chi connectivity index (χ1) is 12.2. The Morgan fingerprint density at radius 2 is 1.72 bits per heavy atom. The Hall–Kier alpha value is -2.76. The lowest BCUT2D eigenvalue weighted by Gasteiger charge is -2.26. The minimum Gasteiger partial charge on any atom is -0.493 e. The fourth-order valence-corrected chi connectivity index (χ4v) is 2.93. The number of nitrogens with zero attached hydrogens (tertiary/aromatic N) is 2. The minimum absolute atomic E-state index is 0.0115. The number of methoxy groups -OCH3 is 2. The molecule has 2 aromatic rings. The van der Waals surface area contributed by atoms with E-state index >= 15 is 0 Å². The number of anilines is 2. The van der Waals surface area contributed by atoms with E-state index in [0.717, 1.165) is 37.3 Å². The van der Waals surface area contributed by atoms with Gasteiger partial charge in [0.05, 0.1) is 26.1 Å². The molecule has 6 heteroatoms. The van der Waals surface area contributed by atoms with Crippen LogP contribution in [0.25, 0.3) is 0 Å². The Bertz CT molecular complexity index is 725. The molecule has 0 saturated carbocycles. The van der Waals surface area contributed by atoms with Crippen LogP contribution in [0.15, 0.2) is 36.5 Å². The van der Waals surface area contributed by atoms with Crippen LogP contribution < -0.4 is 14.8 Å². The zero-order chi connectivity index (χ0) is 17.6. The quantitative estimate of drug-likeness (QED) is 0.902. The lowest BCUT2D eigenvalue weighted by molar-refractivity contribution is 0.0718. The average Bonchev–Trinajstić information content (AvgIpc) is 2.68. The van der Waals surface area contributed by atoms with Crippen molar-refractivity contribution >= 4 is 17.3 Å². The Morgan fingerprint density at radius 3 is 2.36 bits per heavy atom. The molecule has 0 aliphatic carbocycles. The SMILES string of the molecule is COc1ccc(Nc2ccc(C(=O)N3CCCCC3)nc2)cc1OC. The summed E-state index contributed by atoms with van der Waals surface area (Å²) in [7, 11) is 3.21. The Labute approximate surface area is 147 Å². The third-order valence-corrected chi connectivity index (χ3v) is 4.30. The minimum atomic E-state index is 0.0115. The molecule has 1 N–H and O–H groups in total. The largest absolute Gasteiger partial charge is 0.493 e. The van der Waals surface area contributed by atoms with E-state index in [1.54, 1.807) is 26.5 Å². The van der Waals surface area contributed by atoms with E-state index in [0.29, 0.717) is 17.2 Å². The molecular weight excluding hydrogens is 318 g/mol. The number of carbonyl (C=O) groups is 1. The summed E-state index contributed by atoms with van der Waals surface area (Å²) in [5.41, 5.74) is 2.15. The van der Waals surface area contributed by atoms with Crippen LogP contribution in [0.1, 0.15) is 29.8 Å². The fraction of sp³-hybridized carbons (Fsp3) is 0.368. The van der Waals surface area contributed by atoms with Crippen LogP contribution in [-0.4, -0.2) is 43.1 Å². The van der Waals surface area contributed by atoms with Gasteiger partial charge in [0.15, 0.2) is 11.5 Å². The summed E-state index contributed by atoms with van der Waals surface area (Å²) in [6.07, 6.45) is 5.02. The number of likely N-dealkylation sites (tertiary alicyclic amines) is 1. The molecule has 1 fully saturated rings. The Kier molecular flexibility index (Phi) is 5.38. The van der Waals surface area contributed by atoms with E-state index in [2.05, 4.69) is 10.3 Å². The lowest BCUT2D eigenvalue weighted by Crippen LogP contribution is -2.36. The van der Waals surface area contributed by atoms with Crippen molar-refractivity contribution in [3.8, 4) is 11.5 Å². The first-order valence-electron chi connectivity index (χ1n) is 8.45. The van der Waals surface area contributed by atoms with E-state index in [4.69, 9.17) is 9.47 Å². The van der Waals surface area contributed by atoms with Crippen LogP contribution >= 0.6 is 0 Å². The zero-order valence-electron chi connectivity index (χ0n) is 14.6. The molecule has 6 nitrogen and oxygen atoms in total. The molecule has 0 unspecified atom stereocenters. The van der Waals surface area contributed by atoms with Gasteiger partial charge in [-0.3, -0.25) is 4.79 Å². The molecule has 1 aromatic heterocycles. The van der Waals surface area contributed by atoms with E-state index in [1.807, 2.05) is 29.2 Å². The summed E-state index contributed by atoms with van der Waals surface area (Å²) in [5, 5.41) is 3.25. The van der Waals surface area contributed by atoms with Crippen LogP contribution in [0.5, 0.6) is 11.5 Å². The number of piperidine rings is 1. The van der Waals surface area contributed by atoms with E-state index in [1.165, 1.54) is 6.42 Å². The summed E-state index contributed by atoms with van der Waals surface area (Å²) < 4.78 is 10.5. The highest BCUT2D eigenvalue weighted by atomic mass is 16.5. The molecule has 0 spiro atoms. The maximum absolute atomic E-state index is 12.4. The number of carbonyl (C=O) groups excluding carboxylic acids is 1. The van der Waals surface area contributed by atoms with Crippen molar-refractivity contribution in [2.75, 3.05) is 32.6 Å². The number of amides is 1. The zero-order valence-corrected chi connectivity index (χ0v) is 14.6. The third kappa shape index (κ3) is 4.02. The normalized spacial score (nSPS) is 14.1. The highest BCUT2D eigenvalue weighted by Gasteiger charge is 2.19. The van der Waals surface area contributed by atoms with Crippen molar-refractivity contribution in [1.29, 1.82) is 0 Å². The smallest absolute Gasteiger partial charge is 0.272 e. The highest BCUT2D eigenvalue weighted by molar-refractivity contribution is 5.92. The predicted octanol–water partition coefficient (Wildman–Crippen LogP) is 3.47. The molecule has 0 radical (unpaired) electrons. The van der Waals surface area contributed by atoms with Crippen LogP contribution in [0.3, 0.4) is 0 Å². The molecule has 1 amide bonds. The van der Waals surface area contributed by atoms with Crippen molar-refractivity contribution in [1.82, 2.24) is 9.88 Å². The summed E-state index contributed by atoms with van der Waals surface area (Å²) >= 11 is 0. The maximum Gasteiger partial charge on any atom is 0.272 e. The Morgan fingerprint density at radius 1 is 1.00 bits per heavy atom. The molecule has 2 heterocycles. The van der Waals surface area contributed by atoms with E-state index in [9.17, 15) is 4.79 Å². The molecular formula is C19H23N3O3. The monoisotopic (exact) mass is 341 g/mol. The Balaban J connectivity index is 1.69. The topological polar surface area (TPSA) is 63.7 Å². The van der Waals surface area contributed by atoms with Crippen molar-refractivity contribution in [2.45, 2.75) is 19.3 Å².